The smallest absolute Gasteiger partial charge is 0.137 e. The summed E-state index contributed by atoms with van der Waals surface area (Å²) in [5.41, 5.74) is 6.58. The van der Waals surface area contributed by atoms with Gasteiger partial charge in [-0.15, -0.1) is 0 Å². The van der Waals surface area contributed by atoms with Crippen LogP contribution in [0.5, 0.6) is 0 Å². The normalized spacial score (nSPS) is 12.4. The van der Waals surface area contributed by atoms with E-state index < -0.39 is 0 Å². The van der Waals surface area contributed by atoms with Crippen LogP contribution in [0.1, 0.15) is 31.7 Å². The fraction of sp³-hybridized carbons (Fsp3) is 0.500. The van der Waals surface area contributed by atoms with Gasteiger partial charge in [0.25, 0.3) is 0 Å². The first-order valence-corrected chi connectivity index (χ1v) is 5.98. The highest BCUT2D eigenvalue weighted by molar-refractivity contribution is 5.80. The highest BCUT2D eigenvalue weighted by Crippen LogP contribution is 2.11. The molecule has 1 aromatic carbocycles. The maximum atomic E-state index is 11.7. The van der Waals surface area contributed by atoms with E-state index >= 15 is 0 Å². The van der Waals surface area contributed by atoms with Gasteiger partial charge in [-0.2, -0.15) is 0 Å². The summed E-state index contributed by atoms with van der Waals surface area (Å²) in [4.78, 5) is 11.7. The van der Waals surface area contributed by atoms with Gasteiger partial charge in [0.2, 0.25) is 0 Å². The Bertz CT molecular complexity index is 308. The second-order valence-corrected chi connectivity index (χ2v) is 4.42. The zero-order chi connectivity index (χ0) is 11.8. The zero-order valence-corrected chi connectivity index (χ0v) is 9.99. The van der Waals surface area contributed by atoms with Gasteiger partial charge in [-0.05, 0) is 30.9 Å². The van der Waals surface area contributed by atoms with Gasteiger partial charge in [-0.25, -0.2) is 0 Å². The lowest BCUT2D eigenvalue weighted by atomic mass is 9.98. The van der Waals surface area contributed by atoms with Crippen LogP contribution in [0.25, 0.3) is 0 Å². The lowest BCUT2D eigenvalue weighted by Crippen LogP contribution is -2.09. The molecule has 0 spiro atoms. The van der Waals surface area contributed by atoms with Crippen LogP contribution in [0.15, 0.2) is 30.3 Å². The van der Waals surface area contributed by atoms with E-state index in [0.29, 0.717) is 31.1 Å². The van der Waals surface area contributed by atoms with Gasteiger partial charge in [0.15, 0.2) is 0 Å². The minimum atomic E-state index is 0.329. The standard InChI is InChI=1S/C14H21NO/c1-12(9-10-15)7-8-14(16)11-13-5-3-2-4-6-13/h2-6,12H,7-11,15H2,1H3. The first-order chi connectivity index (χ1) is 7.72. The summed E-state index contributed by atoms with van der Waals surface area (Å²) in [5.74, 6) is 0.889. The van der Waals surface area contributed by atoms with Crippen molar-refractivity contribution >= 4 is 5.78 Å². The van der Waals surface area contributed by atoms with Crippen molar-refractivity contribution < 1.29 is 4.79 Å². The van der Waals surface area contributed by atoms with Gasteiger partial charge < -0.3 is 5.73 Å². The lowest BCUT2D eigenvalue weighted by molar-refractivity contribution is -0.118. The number of hydrogen-bond acceptors (Lipinski definition) is 2. The first kappa shape index (κ1) is 12.9. The van der Waals surface area contributed by atoms with E-state index in [0.717, 1.165) is 18.4 Å². The molecule has 2 heteroatoms. The first-order valence-electron chi connectivity index (χ1n) is 5.98. The van der Waals surface area contributed by atoms with Gasteiger partial charge in [-0.3, -0.25) is 4.79 Å². The summed E-state index contributed by atoms with van der Waals surface area (Å²) >= 11 is 0. The van der Waals surface area contributed by atoms with Crippen LogP contribution in [-0.4, -0.2) is 12.3 Å². The zero-order valence-electron chi connectivity index (χ0n) is 9.99. The quantitative estimate of drug-likeness (QED) is 0.766. The monoisotopic (exact) mass is 219 g/mol. The van der Waals surface area contributed by atoms with E-state index in [4.69, 9.17) is 5.73 Å². The number of carbonyl (C=O) groups excluding carboxylic acids is 1. The Labute approximate surface area is 97.9 Å². The minimum absolute atomic E-state index is 0.329. The van der Waals surface area contributed by atoms with Crippen LogP contribution in [0.4, 0.5) is 0 Å². The molecule has 2 nitrogen and oxygen atoms in total. The Morgan fingerprint density at radius 3 is 2.56 bits per heavy atom. The second kappa shape index (κ2) is 7.18. The fourth-order valence-electron chi connectivity index (χ4n) is 1.75. The maximum absolute atomic E-state index is 11.7. The Morgan fingerprint density at radius 2 is 1.94 bits per heavy atom. The number of Topliss-reactive ketones (excluding diaryl/α,β-unsaturated/α-hetero) is 1. The number of benzene rings is 1. The number of nitrogens with two attached hydrogens (primary N) is 1. The van der Waals surface area contributed by atoms with E-state index in [1.54, 1.807) is 0 Å². The van der Waals surface area contributed by atoms with Gasteiger partial charge in [-0.1, -0.05) is 37.3 Å². The third-order valence-corrected chi connectivity index (χ3v) is 2.82. The van der Waals surface area contributed by atoms with Crippen molar-refractivity contribution in [3.63, 3.8) is 0 Å². The molecule has 16 heavy (non-hydrogen) atoms. The molecule has 2 N–H and O–H groups in total. The average molecular weight is 219 g/mol. The molecule has 0 saturated heterocycles. The van der Waals surface area contributed by atoms with Crippen LogP contribution < -0.4 is 5.73 Å². The molecule has 0 heterocycles. The molecule has 1 unspecified atom stereocenters. The van der Waals surface area contributed by atoms with E-state index in [1.807, 2.05) is 30.3 Å². The molecule has 1 aromatic rings. The van der Waals surface area contributed by atoms with Crippen LogP contribution in [-0.2, 0) is 11.2 Å². The summed E-state index contributed by atoms with van der Waals surface area (Å²) in [6.07, 6.45) is 3.22. The lowest BCUT2D eigenvalue weighted by Gasteiger charge is -2.08. The van der Waals surface area contributed by atoms with E-state index in [9.17, 15) is 4.79 Å². The van der Waals surface area contributed by atoms with Crippen molar-refractivity contribution in [1.29, 1.82) is 0 Å². The average Bonchev–Trinajstić information content (AvgIpc) is 2.28. The van der Waals surface area contributed by atoms with Crippen molar-refractivity contribution in [2.75, 3.05) is 6.54 Å². The van der Waals surface area contributed by atoms with E-state index in [-0.39, 0.29) is 0 Å². The van der Waals surface area contributed by atoms with Crippen molar-refractivity contribution in [3.8, 4) is 0 Å². The molecule has 0 amide bonds. The van der Waals surface area contributed by atoms with Crippen molar-refractivity contribution in [1.82, 2.24) is 0 Å². The number of rotatable bonds is 7. The minimum Gasteiger partial charge on any atom is -0.330 e. The molecule has 0 aliphatic carbocycles. The molecule has 0 bridgehead atoms. The predicted octanol–water partition coefficient (Wildman–Crippen LogP) is 2.56. The Morgan fingerprint density at radius 1 is 1.25 bits per heavy atom. The molecular weight excluding hydrogens is 198 g/mol. The van der Waals surface area contributed by atoms with Crippen LogP contribution in [0.2, 0.25) is 0 Å². The van der Waals surface area contributed by atoms with E-state index in [2.05, 4.69) is 6.92 Å². The largest absolute Gasteiger partial charge is 0.330 e. The van der Waals surface area contributed by atoms with Crippen molar-refractivity contribution in [3.05, 3.63) is 35.9 Å². The van der Waals surface area contributed by atoms with Gasteiger partial charge >= 0.3 is 0 Å². The van der Waals surface area contributed by atoms with Crippen LogP contribution in [0.3, 0.4) is 0 Å². The van der Waals surface area contributed by atoms with Gasteiger partial charge in [0.05, 0.1) is 0 Å². The summed E-state index contributed by atoms with van der Waals surface area (Å²) in [6, 6.07) is 9.92. The van der Waals surface area contributed by atoms with Gasteiger partial charge in [0.1, 0.15) is 5.78 Å². The fourth-order valence-corrected chi connectivity index (χ4v) is 1.75. The summed E-state index contributed by atoms with van der Waals surface area (Å²) in [5, 5.41) is 0. The predicted molar refractivity (Wildman–Crippen MR) is 67.2 cm³/mol. The molecule has 0 aliphatic heterocycles. The molecule has 0 fully saturated rings. The molecule has 1 rings (SSSR count). The summed E-state index contributed by atoms with van der Waals surface area (Å²) in [6.45, 7) is 2.87. The van der Waals surface area contributed by atoms with Gasteiger partial charge in [0, 0.05) is 12.8 Å². The second-order valence-electron chi connectivity index (χ2n) is 4.42. The number of hydrogen-bond donors (Lipinski definition) is 1. The Kier molecular flexibility index (Phi) is 5.79. The molecule has 88 valence electrons. The Hall–Kier alpha value is -1.15. The molecule has 0 aliphatic rings. The third kappa shape index (κ3) is 5.08. The van der Waals surface area contributed by atoms with E-state index in [1.165, 1.54) is 0 Å². The molecule has 1 atom stereocenters. The SMILES string of the molecule is CC(CCN)CCC(=O)Cc1ccccc1. The summed E-state index contributed by atoms with van der Waals surface area (Å²) in [7, 11) is 0. The maximum Gasteiger partial charge on any atom is 0.137 e. The molecule has 0 radical (unpaired) electrons. The molecular formula is C14H21NO. The number of carbonyl (C=O) groups is 1. The third-order valence-electron chi connectivity index (χ3n) is 2.82. The van der Waals surface area contributed by atoms with Crippen LogP contribution in [0, 0.1) is 5.92 Å². The molecule has 0 aromatic heterocycles. The number of ketones is 1. The highest BCUT2D eigenvalue weighted by Gasteiger charge is 2.06. The summed E-state index contributed by atoms with van der Waals surface area (Å²) < 4.78 is 0. The topological polar surface area (TPSA) is 43.1 Å². The van der Waals surface area contributed by atoms with Crippen LogP contribution >= 0.6 is 0 Å². The van der Waals surface area contributed by atoms with Crippen molar-refractivity contribution in [2.45, 2.75) is 32.6 Å². The molecule has 0 saturated carbocycles. The Balaban J connectivity index is 2.26. The highest BCUT2D eigenvalue weighted by atomic mass is 16.1. The van der Waals surface area contributed by atoms with Crippen molar-refractivity contribution in [2.24, 2.45) is 11.7 Å².